The number of benzene rings is 2. The fourth-order valence-electron chi connectivity index (χ4n) is 2.03. The molecule has 2 aromatic carbocycles. The zero-order valence-corrected chi connectivity index (χ0v) is 16.8. The molecule has 0 radical (unpaired) electrons. The van der Waals surface area contributed by atoms with Crippen LogP contribution in [0.3, 0.4) is 0 Å². The molecular formula is C18H20Cl2LiO2P. The second-order valence-electron chi connectivity index (χ2n) is 5.73. The molecule has 0 heterocycles. The summed E-state index contributed by atoms with van der Waals surface area (Å²) < 4.78 is 5.71. The zero-order chi connectivity index (χ0) is 17.0. The summed E-state index contributed by atoms with van der Waals surface area (Å²) >= 11 is 12.2. The minimum absolute atomic E-state index is 0. The van der Waals surface area contributed by atoms with Crippen molar-refractivity contribution in [3.8, 4) is 5.75 Å². The van der Waals surface area contributed by atoms with Gasteiger partial charge in [0.15, 0.2) is 5.52 Å². The van der Waals surface area contributed by atoms with Crippen LogP contribution >= 0.6 is 31.8 Å². The Balaban J connectivity index is 0.00000288. The molecule has 0 aliphatic rings. The van der Waals surface area contributed by atoms with Crippen molar-refractivity contribution in [3.05, 3.63) is 57.6 Å². The van der Waals surface area contributed by atoms with Gasteiger partial charge in [0.25, 0.3) is 0 Å². The molecular weight excluding hydrogens is 357 g/mol. The number of ether oxygens (including phenoxy) is 1. The normalized spacial score (nSPS) is 10.9. The van der Waals surface area contributed by atoms with Crippen LogP contribution in [0.25, 0.3) is 0 Å². The quantitative estimate of drug-likeness (QED) is 0.572. The van der Waals surface area contributed by atoms with Crippen LogP contribution in [0.15, 0.2) is 36.4 Å². The Kier molecular flexibility index (Phi) is 8.86. The monoisotopic (exact) mass is 376 g/mol. The minimum Gasteiger partial charge on any atom is -1.00 e. The van der Waals surface area contributed by atoms with Crippen molar-refractivity contribution in [3.63, 3.8) is 0 Å². The molecule has 0 N–H and O–H groups in total. The number of carbonyl (C=O) groups is 1. The summed E-state index contributed by atoms with van der Waals surface area (Å²) in [4.78, 5) is 12.5. The van der Waals surface area contributed by atoms with E-state index in [-0.39, 0.29) is 34.4 Å². The molecule has 0 aliphatic heterocycles. The maximum Gasteiger partial charge on any atom is 1.00 e. The number of hydrogen-bond donors (Lipinski definition) is 0. The maximum atomic E-state index is 12.5. The largest absolute Gasteiger partial charge is 1.00 e. The van der Waals surface area contributed by atoms with Crippen LogP contribution in [-0.2, 0) is 0 Å². The maximum absolute atomic E-state index is 12.5. The molecule has 0 aliphatic carbocycles. The van der Waals surface area contributed by atoms with Crippen molar-refractivity contribution < 1.29 is 29.8 Å². The second-order valence-corrected chi connectivity index (χ2v) is 7.79. The van der Waals surface area contributed by atoms with E-state index in [0.717, 1.165) is 16.6 Å². The van der Waals surface area contributed by atoms with Crippen LogP contribution in [0.2, 0.25) is 10.0 Å². The predicted octanol–water partition coefficient (Wildman–Crippen LogP) is 2.60. The average Bonchev–Trinajstić information content (AvgIpc) is 2.47. The molecule has 0 spiro atoms. The molecule has 1 atom stereocenters. The standard InChI is InChI=1S/C18H19Cl2O2P.Li.H/c1-11(2)10-22-13-7-8-16(12(3)9-13)23-18(21)17-14(19)5-4-6-15(17)20;;/h4-9,11,23H,10H2,1-3H3;;/q;+1;-1. The summed E-state index contributed by atoms with van der Waals surface area (Å²) in [7, 11) is -0.0223. The summed E-state index contributed by atoms with van der Waals surface area (Å²) in [5.74, 6) is 1.30. The van der Waals surface area contributed by atoms with Gasteiger partial charge >= 0.3 is 18.9 Å². The molecule has 124 valence electrons. The van der Waals surface area contributed by atoms with E-state index < -0.39 is 0 Å². The first-order chi connectivity index (χ1) is 10.9. The third-order valence-corrected chi connectivity index (χ3v) is 5.16. The summed E-state index contributed by atoms with van der Waals surface area (Å²) in [6.07, 6.45) is 0. The molecule has 0 amide bonds. The molecule has 0 aromatic heterocycles. The van der Waals surface area contributed by atoms with Crippen LogP contribution in [0, 0.1) is 12.8 Å². The molecule has 6 heteroatoms. The van der Waals surface area contributed by atoms with E-state index >= 15 is 0 Å². The van der Waals surface area contributed by atoms with Crippen LogP contribution in [0.5, 0.6) is 5.75 Å². The summed E-state index contributed by atoms with van der Waals surface area (Å²) in [5, 5.41) is 1.76. The van der Waals surface area contributed by atoms with Gasteiger partial charge in [0, 0.05) is 0 Å². The SMILES string of the molecule is Cc1cc(OCC(C)C)ccc1PC(=O)c1c(Cl)cccc1Cl.[H-].[Li+]. The molecule has 0 saturated heterocycles. The van der Waals surface area contributed by atoms with Gasteiger partial charge in [0.05, 0.1) is 22.2 Å². The number of rotatable bonds is 6. The van der Waals surface area contributed by atoms with E-state index in [2.05, 4.69) is 13.8 Å². The van der Waals surface area contributed by atoms with Crippen molar-refractivity contribution in [2.24, 2.45) is 5.92 Å². The molecule has 0 fully saturated rings. The van der Waals surface area contributed by atoms with Crippen molar-refractivity contribution in [1.29, 1.82) is 0 Å². The third-order valence-electron chi connectivity index (χ3n) is 3.22. The first-order valence-corrected chi connectivity index (χ1v) is 9.13. The van der Waals surface area contributed by atoms with Gasteiger partial charge in [-0.1, -0.05) is 49.2 Å². The van der Waals surface area contributed by atoms with Crippen molar-refractivity contribution in [2.45, 2.75) is 20.8 Å². The van der Waals surface area contributed by atoms with Crippen LogP contribution in [-0.4, -0.2) is 12.1 Å². The topological polar surface area (TPSA) is 26.3 Å². The van der Waals surface area contributed by atoms with E-state index in [1.165, 1.54) is 0 Å². The Labute approximate surface area is 168 Å². The van der Waals surface area contributed by atoms with E-state index in [1.54, 1.807) is 18.2 Å². The Morgan fingerprint density at radius 1 is 1.21 bits per heavy atom. The summed E-state index contributed by atoms with van der Waals surface area (Å²) in [6.45, 7) is 6.87. The average molecular weight is 377 g/mol. The number of carbonyl (C=O) groups excluding carboxylic acids is 1. The van der Waals surface area contributed by atoms with Crippen molar-refractivity contribution in [1.82, 2.24) is 0 Å². The molecule has 1 unspecified atom stereocenters. The van der Waals surface area contributed by atoms with Gasteiger partial charge in [-0.25, -0.2) is 0 Å². The third kappa shape index (κ3) is 5.80. The first-order valence-electron chi connectivity index (χ1n) is 7.37. The Hall–Kier alpha value is -0.483. The van der Waals surface area contributed by atoms with Crippen LogP contribution in [0.4, 0.5) is 0 Å². The number of hydrogen-bond acceptors (Lipinski definition) is 2. The molecule has 2 nitrogen and oxygen atoms in total. The molecule has 0 bridgehead atoms. The van der Waals surface area contributed by atoms with Gasteiger partial charge in [-0.15, -0.1) is 0 Å². The van der Waals surface area contributed by atoms with E-state index in [9.17, 15) is 4.79 Å². The Bertz CT molecular complexity index is 706. The van der Waals surface area contributed by atoms with E-state index in [0.29, 0.717) is 28.1 Å². The fraction of sp³-hybridized carbons (Fsp3) is 0.278. The van der Waals surface area contributed by atoms with Gasteiger partial charge in [-0.3, -0.25) is 4.79 Å². The van der Waals surface area contributed by atoms with Gasteiger partial charge in [0.2, 0.25) is 0 Å². The predicted molar refractivity (Wildman–Crippen MR) is 101 cm³/mol. The number of aryl methyl sites for hydroxylation is 1. The fourth-order valence-corrected chi connectivity index (χ4v) is 3.83. The summed E-state index contributed by atoms with van der Waals surface area (Å²) in [6, 6.07) is 10.9. The Morgan fingerprint density at radius 2 is 1.83 bits per heavy atom. The van der Waals surface area contributed by atoms with Crippen molar-refractivity contribution in [2.75, 3.05) is 6.61 Å². The second kappa shape index (κ2) is 9.86. The van der Waals surface area contributed by atoms with Gasteiger partial charge < -0.3 is 6.16 Å². The minimum atomic E-state index is -0.0560. The van der Waals surface area contributed by atoms with Gasteiger partial charge in [-0.2, -0.15) is 0 Å². The van der Waals surface area contributed by atoms with Gasteiger partial charge in [0.1, 0.15) is 5.75 Å². The molecule has 2 rings (SSSR count). The smallest absolute Gasteiger partial charge is 1.00 e. The Morgan fingerprint density at radius 3 is 2.38 bits per heavy atom. The van der Waals surface area contributed by atoms with Crippen LogP contribution < -0.4 is 28.9 Å². The van der Waals surface area contributed by atoms with Crippen molar-refractivity contribution >= 4 is 42.6 Å². The summed E-state index contributed by atoms with van der Waals surface area (Å²) in [5.41, 5.74) is 1.37. The van der Waals surface area contributed by atoms with Gasteiger partial charge in [-0.05, 0) is 56.6 Å². The molecule has 0 saturated carbocycles. The first kappa shape index (κ1) is 21.6. The van der Waals surface area contributed by atoms with E-state index in [1.807, 2.05) is 25.1 Å². The zero-order valence-electron chi connectivity index (χ0n) is 15.3. The number of halogens is 2. The van der Waals surface area contributed by atoms with E-state index in [4.69, 9.17) is 27.9 Å². The molecule has 2 aromatic rings. The van der Waals surface area contributed by atoms with Crippen LogP contribution in [0.1, 0.15) is 31.2 Å². The molecule has 24 heavy (non-hydrogen) atoms.